The average molecular weight is 317 g/mol. The molecular formula is C17H23N3O3. The lowest BCUT2D eigenvalue weighted by molar-refractivity contribution is 0.217. The number of rotatable bonds is 6. The molecule has 6 nitrogen and oxygen atoms in total. The van der Waals surface area contributed by atoms with E-state index in [0.717, 1.165) is 26.2 Å². The fourth-order valence-electron chi connectivity index (χ4n) is 2.86. The Balaban J connectivity index is 1.65. The first kappa shape index (κ1) is 15.7. The Hall–Kier alpha value is -2.21. The zero-order chi connectivity index (χ0) is 16.1. The molecule has 2 heterocycles. The van der Waals surface area contributed by atoms with Crippen LogP contribution in [0.1, 0.15) is 19.3 Å². The molecule has 0 unspecified atom stereocenters. The molecule has 0 amide bonds. The van der Waals surface area contributed by atoms with E-state index in [0.29, 0.717) is 11.5 Å². The summed E-state index contributed by atoms with van der Waals surface area (Å²) in [7, 11) is 1.58. The number of H-pyrrole nitrogens is 1. The normalized spacial score (nSPS) is 15.5. The van der Waals surface area contributed by atoms with Crippen LogP contribution in [0.4, 0.5) is 0 Å². The number of aromatic amines is 1. The van der Waals surface area contributed by atoms with Gasteiger partial charge in [0, 0.05) is 6.54 Å². The third-order valence-electron chi connectivity index (χ3n) is 4.14. The Morgan fingerprint density at radius 1 is 1.04 bits per heavy atom. The number of aromatic nitrogens is 2. The number of methoxy groups -OCH3 is 1. The van der Waals surface area contributed by atoms with Crippen molar-refractivity contribution in [3.8, 4) is 17.2 Å². The fourth-order valence-corrected chi connectivity index (χ4v) is 2.86. The van der Waals surface area contributed by atoms with Crippen molar-refractivity contribution in [2.45, 2.75) is 25.8 Å². The summed E-state index contributed by atoms with van der Waals surface area (Å²) >= 11 is 0. The zero-order valence-electron chi connectivity index (χ0n) is 13.5. The lowest BCUT2D eigenvalue weighted by Gasteiger charge is -2.26. The largest absolute Gasteiger partial charge is 0.493 e. The smallest absolute Gasteiger partial charge is 0.307 e. The number of hydrogen-bond donors (Lipinski definition) is 1. The van der Waals surface area contributed by atoms with Crippen LogP contribution in [0.5, 0.6) is 17.2 Å². The van der Waals surface area contributed by atoms with Gasteiger partial charge in [0.25, 0.3) is 0 Å². The van der Waals surface area contributed by atoms with Crippen molar-refractivity contribution < 1.29 is 9.47 Å². The van der Waals surface area contributed by atoms with Gasteiger partial charge in [-0.1, -0.05) is 18.6 Å². The van der Waals surface area contributed by atoms with Gasteiger partial charge in [-0.05, 0) is 38.1 Å². The highest BCUT2D eigenvalue weighted by molar-refractivity contribution is 5.41. The van der Waals surface area contributed by atoms with Crippen LogP contribution in [0.25, 0.3) is 0 Å². The summed E-state index contributed by atoms with van der Waals surface area (Å²) in [5.74, 6) is 1.43. The van der Waals surface area contributed by atoms with Gasteiger partial charge in [0.15, 0.2) is 11.5 Å². The van der Waals surface area contributed by atoms with Gasteiger partial charge in [0.1, 0.15) is 0 Å². The molecule has 23 heavy (non-hydrogen) atoms. The maximum absolute atomic E-state index is 12.0. The van der Waals surface area contributed by atoms with E-state index >= 15 is 0 Å². The van der Waals surface area contributed by atoms with Gasteiger partial charge in [-0.3, -0.25) is 14.6 Å². The molecule has 1 aliphatic rings. The lowest BCUT2D eigenvalue weighted by Crippen LogP contribution is -2.32. The third-order valence-corrected chi connectivity index (χ3v) is 4.14. The number of piperidine rings is 1. The van der Waals surface area contributed by atoms with Crippen molar-refractivity contribution >= 4 is 0 Å². The predicted octanol–water partition coefficient (Wildman–Crippen LogP) is 2.46. The topological polar surface area (TPSA) is 59.5 Å². The quantitative estimate of drug-likeness (QED) is 0.889. The Kier molecular flexibility index (Phi) is 5.02. The van der Waals surface area contributed by atoms with Crippen molar-refractivity contribution in [2.24, 2.45) is 0 Å². The molecule has 0 spiro atoms. The molecule has 0 saturated carbocycles. The number of ether oxygens (including phenoxy) is 2. The molecule has 2 aromatic rings. The molecule has 1 fully saturated rings. The number of para-hydroxylation sites is 2. The zero-order valence-corrected chi connectivity index (χ0v) is 13.5. The van der Waals surface area contributed by atoms with E-state index in [1.807, 2.05) is 12.1 Å². The van der Waals surface area contributed by atoms with Crippen LogP contribution < -0.4 is 15.0 Å². The SMILES string of the molecule is COc1ccccc1Oc1cn(CCN2CCCCC2)[nH]c1=O. The molecule has 1 saturated heterocycles. The third kappa shape index (κ3) is 3.96. The Morgan fingerprint density at radius 3 is 2.52 bits per heavy atom. The van der Waals surface area contributed by atoms with Crippen LogP contribution in [-0.2, 0) is 6.54 Å². The maximum Gasteiger partial charge on any atom is 0.307 e. The molecule has 0 radical (unpaired) electrons. The lowest BCUT2D eigenvalue weighted by atomic mass is 10.1. The van der Waals surface area contributed by atoms with Crippen LogP contribution in [0.2, 0.25) is 0 Å². The summed E-state index contributed by atoms with van der Waals surface area (Å²) in [6.07, 6.45) is 5.58. The highest BCUT2D eigenvalue weighted by Crippen LogP contribution is 2.29. The first-order valence-corrected chi connectivity index (χ1v) is 8.09. The van der Waals surface area contributed by atoms with Gasteiger partial charge in [-0.25, -0.2) is 0 Å². The number of nitrogens with one attached hydrogen (secondary N) is 1. The van der Waals surface area contributed by atoms with E-state index in [1.54, 1.807) is 30.1 Å². The second-order valence-corrected chi connectivity index (χ2v) is 5.78. The van der Waals surface area contributed by atoms with Crippen LogP contribution in [-0.4, -0.2) is 41.4 Å². The monoisotopic (exact) mass is 317 g/mol. The number of benzene rings is 1. The van der Waals surface area contributed by atoms with E-state index in [1.165, 1.54) is 19.3 Å². The van der Waals surface area contributed by atoms with E-state index in [-0.39, 0.29) is 11.3 Å². The minimum absolute atomic E-state index is 0.227. The summed E-state index contributed by atoms with van der Waals surface area (Å²) < 4.78 is 12.7. The molecule has 1 aliphatic heterocycles. The highest BCUT2D eigenvalue weighted by atomic mass is 16.5. The molecule has 0 aliphatic carbocycles. The van der Waals surface area contributed by atoms with Gasteiger partial charge in [0.05, 0.1) is 19.9 Å². The molecule has 1 N–H and O–H groups in total. The number of likely N-dealkylation sites (tertiary alicyclic amines) is 1. The minimum Gasteiger partial charge on any atom is -0.493 e. The van der Waals surface area contributed by atoms with Crippen molar-refractivity contribution in [3.05, 3.63) is 40.8 Å². The molecule has 6 heteroatoms. The van der Waals surface area contributed by atoms with Gasteiger partial charge >= 0.3 is 5.56 Å². The Bertz CT molecular complexity index is 686. The summed E-state index contributed by atoms with van der Waals surface area (Å²) in [5.41, 5.74) is -0.227. The molecule has 1 aromatic heterocycles. The molecule has 124 valence electrons. The van der Waals surface area contributed by atoms with Gasteiger partial charge in [-0.15, -0.1) is 0 Å². The molecule has 0 atom stereocenters. The van der Waals surface area contributed by atoms with E-state index in [2.05, 4.69) is 10.00 Å². The standard InChI is InChI=1S/C17H23N3O3/c1-22-14-7-3-4-8-15(14)23-16-13-20(18-17(16)21)12-11-19-9-5-2-6-10-19/h3-4,7-8,13H,2,5-6,9-12H2,1H3,(H,18,21). The van der Waals surface area contributed by atoms with Crippen molar-refractivity contribution in [1.29, 1.82) is 0 Å². The second kappa shape index (κ2) is 7.37. The summed E-state index contributed by atoms with van der Waals surface area (Å²) in [6, 6.07) is 7.29. The van der Waals surface area contributed by atoms with Gasteiger partial charge < -0.3 is 14.4 Å². The van der Waals surface area contributed by atoms with Crippen LogP contribution in [0.15, 0.2) is 35.3 Å². The van der Waals surface area contributed by atoms with Gasteiger partial charge in [-0.2, -0.15) is 0 Å². The first-order chi connectivity index (χ1) is 11.3. The van der Waals surface area contributed by atoms with Crippen molar-refractivity contribution in [2.75, 3.05) is 26.7 Å². The second-order valence-electron chi connectivity index (χ2n) is 5.78. The predicted molar refractivity (Wildman–Crippen MR) is 88.4 cm³/mol. The van der Waals surface area contributed by atoms with Crippen molar-refractivity contribution in [1.82, 2.24) is 14.7 Å². The fraction of sp³-hybridized carbons (Fsp3) is 0.471. The minimum atomic E-state index is -0.227. The van der Waals surface area contributed by atoms with Crippen molar-refractivity contribution in [3.63, 3.8) is 0 Å². The van der Waals surface area contributed by atoms with E-state index in [9.17, 15) is 4.79 Å². The Morgan fingerprint density at radius 2 is 1.78 bits per heavy atom. The summed E-state index contributed by atoms with van der Waals surface area (Å²) in [6.45, 7) is 4.00. The summed E-state index contributed by atoms with van der Waals surface area (Å²) in [4.78, 5) is 14.5. The van der Waals surface area contributed by atoms with Crippen LogP contribution >= 0.6 is 0 Å². The highest BCUT2D eigenvalue weighted by Gasteiger charge is 2.12. The molecular weight excluding hydrogens is 294 g/mol. The number of hydrogen-bond acceptors (Lipinski definition) is 4. The molecule has 1 aromatic carbocycles. The first-order valence-electron chi connectivity index (χ1n) is 8.09. The van der Waals surface area contributed by atoms with Crippen LogP contribution in [0.3, 0.4) is 0 Å². The molecule has 0 bridgehead atoms. The Labute approximate surface area is 135 Å². The number of nitrogens with zero attached hydrogens (tertiary/aromatic N) is 2. The van der Waals surface area contributed by atoms with E-state index < -0.39 is 0 Å². The van der Waals surface area contributed by atoms with Crippen LogP contribution in [0, 0.1) is 0 Å². The molecule has 3 rings (SSSR count). The van der Waals surface area contributed by atoms with E-state index in [4.69, 9.17) is 9.47 Å². The van der Waals surface area contributed by atoms with Gasteiger partial charge in [0.2, 0.25) is 5.75 Å². The summed E-state index contributed by atoms with van der Waals surface area (Å²) in [5, 5.41) is 2.81. The maximum atomic E-state index is 12.0. The average Bonchev–Trinajstić information content (AvgIpc) is 2.94.